The van der Waals surface area contributed by atoms with E-state index in [0.717, 1.165) is 33.8 Å². The van der Waals surface area contributed by atoms with Crippen LogP contribution in [0.1, 0.15) is 54.5 Å². The molecule has 3 heterocycles. The van der Waals surface area contributed by atoms with Crippen molar-refractivity contribution in [2.45, 2.75) is 46.3 Å². The number of aromatic amines is 1. The highest BCUT2D eigenvalue weighted by Crippen LogP contribution is 2.29. The lowest BCUT2D eigenvalue weighted by Gasteiger charge is -2.18. The average molecular weight is 490 g/mol. The van der Waals surface area contributed by atoms with Crippen LogP contribution in [0.25, 0.3) is 0 Å². The molecule has 0 aliphatic rings. The minimum atomic E-state index is -0.377. The number of benzene rings is 1. The van der Waals surface area contributed by atoms with E-state index in [-0.39, 0.29) is 12.1 Å². The van der Waals surface area contributed by atoms with Crippen LogP contribution in [0, 0.1) is 6.92 Å². The van der Waals surface area contributed by atoms with Gasteiger partial charge in [0.05, 0.1) is 31.1 Å². The number of carbonyl (C=O) groups excluding carboxylic acids is 1. The molecule has 0 fully saturated rings. The molecule has 0 aliphatic carbocycles. The summed E-state index contributed by atoms with van der Waals surface area (Å²) in [4.78, 5) is 16.3. The molecule has 0 spiro atoms. The van der Waals surface area contributed by atoms with Crippen molar-refractivity contribution in [1.82, 2.24) is 25.0 Å². The average Bonchev–Trinajstić information content (AvgIpc) is 3.48. The van der Waals surface area contributed by atoms with Gasteiger partial charge in [-0.15, -0.1) is 5.10 Å². The molecule has 0 bridgehead atoms. The lowest BCUT2D eigenvalue weighted by molar-refractivity contribution is -0.143. The van der Waals surface area contributed by atoms with Gasteiger partial charge in [0, 0.05) is 36.1 Å². The van der Waals surface area contributed by atoms with Gasteiger partial charge in [-0.05, 0) is 57.0 Å². The van der Waals surface area contributed by atoms with E-state index in [9.17, 15) is 4.79 Å². The van der Waals surface area contributed by atoms with Crippen molar-refractivity contribution in [2.75, 3.05) is 13.2 Å². The first-order valence-corrected chi connectivity index (χ1v) is 12.1. The van der Waals surface area contributed by atoms with Gasteiger partial charge >= 0.3 is 5.97 Å². The molecule has 0 aliphatic heterocycles. The maximum Gasteiger partial charge on any atom is 0.306 e. The molecule has 4 aromatic rings. The van der Waals surface area contributed by atoms with Crippen molar-refractivity contribution < 1.29 is 19.0 Å². The highest BCUT2D eigenvalue weighted by Gasteiger charge is 2.21. The van der Waals surface area contributed by atoms with Crippen molar-refractivity contribution in [2.24, 2.45) is 0 Å². The highest BCUT2D eigenvalue weighted by atomic mass is 16.5. The highest BCUT2D eigenvalue weighted by molar-refractivity contribution is 5.69. The fourth-order valence-corrected chi connectivity index (χ4v) is 3.87. The SMILES string of the molecule is CCOC(=O)CCc1cn(Cc2ccc(OC(c3ccccn3)c3c[nH]nc3C)cc2)nc1OCC. The van der Waals surface area contributed by atoms with Crippen molar-refractivity contribution in [1.29, 1.82) is 0 Å². The first-order chi connectivity index (χ1) is 17.6. The van der Waals surface area contributed by atoms with Crippen molar-refractivity contribution in [3.63, 3.8) is 0 Å². The Morgan fingerprint density at radius 3 is 2.61 bits per heavy atom. The summed E-state index contributed by atoms with van der Waals surface area (Å²) in [5.74, 6) is 1.05. The van der Waals surface area contributed by atoms with Gasteiger partial charge in [-0.2, -0.15) is 5.10 Å². The Morgan fingerprint density at radius 1 is 1.11 bits per heavy atom. The number of rotatable bonds is 12. The lowest BCUT2D eigenvalue weighted by Crippen LogP contribution is -2.11. The first-order valence-electron chi connectivity index (χ1n) is 12.1. The van der Waals surface area contributed by atoms with Crippen LogP contribution in [0.3, 0.4) is 0 Å². The summed E-state index contributed by atoms with van der Waals surface area (Å²) in [5, 5.41) is 11.7. The number of nitrogens with one attached hydrogen (secondary N) is 1. The fourth-order valence-electron chi connectivity index (χ4n) is 3.87. The van der Waals surface area contributed by atoms with Crippen molar-refractivity contribution in [3.05, 3.63) is 89.1 Å². The van der Waals surface area contributed by atoms with E-state index in [1.807, 2.05) is 73.4 Å². The van der Waals surface area contributed by atoms with E-state index in [4.69, 9.17) is 14.2 Å². The van der Waals surface area contributed by atoms with E-state index >= 15 is 0 Å². The van der Waals surface area contributed by atoms with Gasteiger partial charge in [0.1, 0.15) is 5.75 Å². The first kappa shape index (κ1) is 25.0. The molecule has 9 heteroatoms. The van der Waals surface area contributed by atoms with Crippen LogP contribution in [-0.2, 0) is 22.5 Å². The minimum Gasteiger partial charge on any atom is -0.479 e. The van der Waals surface area contributed by atoms with Crippen molar-refractivity contribution in [3.8, 4) is 11.6 Å². The molecule has 1 atom stereocenters. The molecule has 4 rings (SSSR count). The Balaban J connectivity index is 1.46. The summed E-state index contributed by atoms with van der Waals surface area (Å²) in [6.07, 6.45) is 5.95. The third-order valence-corrected chi connectivity index (χ3v) is 5.61. The van der Waals surface area contributed by atoms with E-state index in [2.05, 4.69) is 20.3 Å². The van der Waals surface area contributed by atoms with Crippen LogP contribution >= 0.6 is 0 Å². The molecule has 1 aromatic carbocycles. The number of hydrogen-bond acceptors (Lipinski definition) is 7. The number of esters is 1. The van der Waals surface area contributed by atoms with Crippen LogP contribution < -0.4 is 9.47 Å². The van der Waals surface area contributed by atoms with Crippen LogP contribution in [0.15, 0.2) is 61.1 Å². The van der Waals surface area contributed by atoms with Gasteiger partial charge in [0.2, 0.25) is 5.88 Å². The molecule has 1 unspecified atom stereocenters. The Hall–Kier alpha value is -4.14. The number of ether oxygens (including phenoxy) is 3. The van der Waals surface area contributed by atoms with Crippen LogP contribution in [-0.4, -0.2) is 44.1 Å². The van der Waals surface area contributed by atoms with E-state index in [0.29, 0.717) is 38.5 Å². The number of aryl methyl sites for hydroxylation is 2. The molecule has 9 nitrogen and oxygen atoms in total. The third-order valence-electron chi connectivity index (χ3n) is 5.61. The summed E-state index contributed by atoms with van der Waals surface area (Å²) in [7, 11) is 0. The number of hydrogen-bond donors (Lipinski definition) is 1. The maximum absolute atomic E-state index is 11.8. The van der Waals surface area contributed by atoms with Gasteiger partial charge in [-0.25, -0.2) is 0 Å². The Morgan fingerprint density at radius 2 is 1.94 bits per heavy atom. The summed E-state index contributed by atoms with van der Waals surface area (Å²) >= 11 is 0. The van der Waals surface area contributed by atoms with Gasteiger partial charge in [-0.3, -0.25) is 19.6 Å². The Bertz CT molecular complexity index is 1250. The fraction of sp³-hybridized carbons (Fsp3) is 0.333. The smallest absolute Gasteiger partial charge is 0.306 e. The summed E-state index contributed by atoms with van der Waals surface area (Å²) in [6.45, 7) is 7.09. The molecule has 0 amide bonds. The summed E-state index contributed by atoms with van der Waals surface area (Å²) < 4.78 is 18.9. The molecule has 1 N–H and O–H groups in total. The molecular weight excluding hydrogens is 458 g/mol. The quantitative estimate of drug-likeness (QED) is 0.294. The van der Waals surface area contributed by atoms with Crippen molar-refractivity contribution >= 4 is 5.97 Å². The van der Waals surface area contributed by atoms with Gasteiger partial charge in [0.25, 0.3) is 0 Å². The van der Waals surface area contributed by atoms with Crippen LogP contribution in [0.5, 0.6) is 11.6 Å². The maximum atomic E-state index is 11.8. The zero-order valence-corrected chi connectivity index (χ0v) is 20.8. The number of H-pyrrole nitrogens is 1. The number of nitrogens with zero attached hydrogens (tertiary/aromatic N) is 4. The second kappa shape index (κ2) is 12.0. The van der Waals surface area contributed by atoms with Gasteiger partial charge in [-0.1, -0.05) is 18.2 Å². The molecule has 3 aromatic heterocycles. The predicted molar refractivity (Wildman–Crippen MR) is 134 cm³/mol. The van der Waals surface area contributed by atoms with Crippen LogP contribution in [0.4, 0.5) is 0 Å². The predicted octanol–water partition coefficient (Wildman–Crippen LogP) is 4.42. The molecule has 0 saturated heterocycles. The normalized spacial score (nSPS) is 11.8. The minimum absolute atomic E-state index is 0.224. The van der Waals surface area contributed by atoms with E-state index < -0.39 is 0 Å². The van der Waals surface area contributed by atoms with E-state index in [1.165, 1.54) is 0 Å². The monoisotopic (exact) mass is 489 g/mol. The Kier molecular flexibility index (Phi) is 8.33. The molecule has 0 radical (unpaired) electrons. The topological polar surface area (TPSA) is 104 Å². The zero-order valence-electron chi connectivity index (χ0n) is 20.8. The molecule has 36 heavy (non-hydrogen) atoms. The standard InChI is InChI=1S/C27H31N5O4/c1-4-34-25(33)14-11-21-18-32(31-27(21)35-5-2)17-20-9-12-22(13-10-20)36-26(23-16-29-30-19(23)3)24-8-6-7-15-28-24/h6-10,12-13,15-16,18,26H,4-5,11,14,17H2,1-3H3,(H,29,30). The number of carbonyl (C=O) groups is 1. The second-order valence-corrected chi connectivity index (χ2v) is 8.22. The van der Waals surface area contributed by atoms with E-state index in [1.54, 1.807) is 13.1 Å². The summed E-state index contributed by atoms with van der Waals surface area (Å²) in [5.41, 5.74) is 4.55. The van der Waals surface area contributed by atoms with Gasteiger partial charge in [0.15, 0.2) is 6.10 Å². The number of aromatic nitrogens is 5. The molecule has 188 valence electrons. The summed E-state index contributed by atoms with van der Waals surface area (Å²) in [6, 6.07) is 13.7. The Labute approximate surface area is 210 Å². The lowest BCUT2D eigenvalue weighted by atomic mass is 10.1. The number of pyridine rings is 1. The zero-order chi connectivity index (χ0) is 25.3. The molecule has 0 saturated carbocycles. The van der Waals surface area contributed by atoms with Crippen LogP contribution in [0.2, 0.25) is 0 Å². The third kappa shape index (κ3) is 6.29. The van der Waals surface area contributed by atoms with Gasteiger partial charge < -0.3 is 14.2 Å². The largest absolute Gasteiger partial charge is 0.479 e. The molecular formula is C27H31N5O4. The second-order valence-electron chi connectivity index (χ2n) is 8.22.